The quantitative estimate of drug-likeness (QED) is 0.441. The molecule has 1 aromatic heterocycles. The van der Waals surface area contributed by atoms with Crippen LogP contribution >= 0.6 is 23.8 Å². The second kappa shape index (κ2) is 5.97. The van der Waals surface area contributed by atoms with E-state index in [4.69, 9.17) is 29.6 Å². The third-order valence-corrected chi connectivity index (χ3v) is 2.95. The third-order valence-electron chi connectivity index (χ3n) is 2.36. The van der Waals surface area contributed by atoms with Gasteiger partial charge in [-0.15, -0.1) is 0 Å². The van der Waals surface area contributed by atoms with E-state index in [1.165, 1.54) is 0 Å². The molecule has 0 atom stereocenters. The Morgan fingerprint density at radius 2 is 2.39 bits per heavy atom. The van der Waals surface area contributed by atoms with Gasteiger partial charge in [0.2, 0.25) is 0 Å². The number of pyridine rings is 1. The number of guanidine groups is 1. The SMILES string of the molecule is NC(=NC1CC1)NC(=S)NCc1ncccc1Cl. The Morgan fingerprint density at radius 1 is 1.61 bits per heavy atom. The first-order chi connectivity index (χ1) is 8.65. The van der Waals surface area contributed by atoms with Gasteiger partial charge in [-0.05, 0) is 37.2 Å². The summed E-state index contributed by atoms with van der Waals surface area (Å²) in [5.41, 5.74) is 6.42. The minimum absolute atomic E-state index is 0.349. The lowest BCUT2D eigenvalue weighted by molar-refractivity contribution is 0.865. The average molecular weight is 284 g/mol. The maximum absolute atomic E-state index is 5.98. The van der Waals surface area contributed by atoms with Crippen LogP contribution in [0.1, 0.15) is 18.5 Å². The molecule has 5 nitrogen and oxygen atoms in total. The highest BCUT2D eigenvalue weighted by atomic mass is 35.5. The molecular weight excluding hydrogens is 270 g/mol. The highest BCUT2D eigenvalue weighted by Gasteiger charge is 2.20. The Hall–Kier alpha value is -1.40. The van der Waals surface area contributed by atoms with Gasteiger partial charge < -0.3 is 16.4 Å². The van der Waals surface area contributed by atoms with Crippen molar-refractivity contribution in [1.29, 1.82) is 0 Å². The molecule has 1 heterocycles. The van der Waals surface area contributed by atoms with Crippen molar-refractivity contribution in [3.05, 3.63) is 29.0 Å². The third kappa shape index (κ3) is 4.12. The molecule has 18 heavy (non-hydrogen) atoms. The van der Waals surface area contributed by atoms with Crippen molar-refractivity contribution in [3.8, 4) is 0 Å². The molecule has 2 rings (SSSR count). The Labute approximate surface area is 116 Å². The molecule has 4 N–H and O–H groups in total. The highest BCUT2D eigenvalue weighted by molar-refractivity contribution is 7.80. The zero-order valence-corrected chi connectivity index (χ0v) is 11.3. The van der Waals surface area contributed by atoms with Crippen molar-refractivity contribution >= 4 is 34.9 Å². The van der Waals surface area contributed by atoms with Gasteiger partial charge in [0.25, 0.3) is 0 Å². The lowest BCUT2D eigenvalue weighted by Crippen LogP contribution is -2.43. The van der Waals surface area contributed by atoms with Crippen LogP contribution in [-0.2, 0) is 6.54 Å². The number of rotatable bonds is 3. The summed E-state index contributed by atoms with van der Waals surface area (Å²) in [7, 11) is 0. The van der Waals surface area contributed by atoms with Crippen LogP contribution in [0.2, 0.25) is 5.02 Å². The molecule has 1 saturated carbocycles. The topological polar surface area (TPSA) is 75.3 Å². The van der Waals surface area contributed by atoms with Gasteiger partial charge >= 0.3 is 0 Å². The number of hydrogen-bond donors (Lipinski definition) is 3. The molecule has 0 unspecified atom stereocenters. The predicted molar refractivity (Wildman–Crippen MR) is 76.5 cm³/mol. The molecule has 1 aliphatic rings. The van der Waals surface area contributed by atoms with Crippen molar-refractivity contribution in [2.75, 3.05) is 0 Å². The lowest BCUT2D eigenvalue weighted by atomic mass is 10.3. The largest absolute Gasteiger partial charge is 0.370 e. The second-order valence-corrected chi connectivity index (χ2v) is 4.80. The number of nitrogens with two attached hydrogens (primary N) is 1. The van der Waals surface area contributed by atoms with Gasteiger partial charge in [-0.2, -0.15) is 0 Å². The molecule has 1 aromatic rings. The van der Waals surface area contributed by atoms with Gasteiger partial charge in [0, 0.05) is 6.20 Å². The first-order valence-corrected chi connectivity index (χ1v) is 6.41. The molecule has 96 valence electrons. The number of hydrogen-bond acceptors (Lipinski definition) is 3. The average Bonchev–Trinajstić information content (AvgIpc) is 3.11. The summed E-state index contributed by atoms with van der Waals surface area (Å²) in [6.07, 6.45) is 3.89. The standard InChI is InChI=1S/C11H14ClN5S/c12-8-2-1-5-14-9(8)6-15-11(18)17-10(13)16-7-3-4-7/h1-2,5,7H,3-4,6H2,(H4,13,15,16,17,18). The number of aromatic nitrogens is 1. The summed E-state index contributed by atoms with van der Waals surface area (Å²) in [4.78, 5) is 8.36. The van der Waals surface area contributed by atoms with E-state index in [1.54, 1.807) is 18.3 Å². The summed E-state index contributed by atoms with van der Waals surface area (Å²) in [6, 6.07) is 3.93. The van der Waals surface area contributed by atoms with Crippen LogP contribution in [0.5, 0.6) is 0 Å². The minimum Gasteiger partial charge on any atom is -0.370 e. The van der Waals surface area contributed by atoms with Crippen molar-refractivity contribution in [1.82, 2.24) is 15.6 Å². The molecular formula is C11H14ClN5S. The first-order valence-electron chi connectivity index (χ1n) is 5.62. The Bertz CT molecular complexity index is 472. The van der Waals surface area contributed by atoms with Gasteiger partial charge in [0.15, 0.2) is 11.1 Å². The normalized spacial score (nSPS) is 15.3. The lowest BCUT2D eigenvalue weighted by Gasteiger charge is -2.10. The summed E-state index contributed by atoms with van der Waals surface area (Å²) < 4.78 is 0. The molecule has 0 amide bonds. The van der Waals surface area contributed by atoms with Crippen molar-refractivity contribution in [2.24, 2.45) is 10.7 Å². The zero-order chi connectivity index (χ0) is 13.0. The number of aliphatic imine (C=N–C) groups is 1. The van der Waals surface area contributed by atoms with Gasteiger partial charge in [0.1, 0.15) is 0 Å². The summed E-state index contributed by atoms with van der Waals surface area (Å²) >= 11 is 11.1. The Morgan fingerprint density at radius 3 is 3.06 bits per heavy atom. The van der Waals surface area contributed by atoms with E-state index in [2.05, 4.69) is 20.6 Å². The van der Waals surface area contributed by atoms with Crippen LogP contribution in [0.3, 0.4) is 0 Å². The van der Waals surface area contributed by atoms with E-state index in [1.807, 2.05) is 0 Å². The van der Waals surface area contributed by atoms with E-state index < -0.39 is 0 Å². The Kier molecular flexibility index (Phi) is 4.33. The zero-order valence-electron chi connectivity index (χ0n) is 9.69. The number of nitrogens with one attached hydrogen (secondary N) is 2. The Balaban J connectivity index is 1.79. The van der Waals surface area contributed by atoms with E-state index in [9.17, 15) is 0 Å². The second-order valence-electron chi connectivity index (χ2n) is 3.99. The van der Waals surface area contributed by atoms with E-state index in [0.717, 1.165) is 18.5 Å². The van der Waals surface area contributed by atoms with Gasteiger partial charge in [-0.25, -0.2) is 4.99 Å². The van der Waals surface area contributed by atoms with Gasteiger partial charge in [-0.1, -0.05) is 11.6 Å². The summed E-state index contributed by atoms with van der Waals surface area (Å²) in [5.74, 6) is 0.349. The minimum atomic E-state index is 0.349. The molecule has 0 bridgehead atoms. The predicted octanol–water partition coefficient (Wildman–Crippen LogP) is 1.18. The molecule has 0 spiro atoms. The van der Waals surface area contributed by atoms with Crippen LogP contribution in [0.4, 0.5) is 0 Å². The van der Waals surface area contributed by atoms with Crippen LogP contribution in [0.25, 0.3) is 0 Å². The van der Waals surface area contributed by atoms with E-state index >= 15 is 0 Å². The number of nitrogens with zero attached hydrogens (tertiary/aromatic N) is 2. The van der Waals surface area contributed by atoms with E-state index in [-0.39, 0.29) is 0 Å². The van der Waals surface area contributed by atoms with Crippen LogP contribution in [-0.4, -0.2) is 22.1 Å². The van der Waals surface area contributed by atoms with Crippen molar-refractivity contribution in [3.63, 3.8) is 0 Å². The van der Waals surface area contributed by atoms with Crippen LogP contribution in [0.15, 0.2) is 23.3 Å². The van der Waals surface area contributed by atoms with E-state index in [0.29, 0.717) is 28.7 Å². The first kappa shape index (κ1) is 13.0. The molecule has 0 aromatic carbocycles. The summed E-state index contributed by atoms with van der Waals surface area (Å²) in [6.45, 7) is 0.447. The highest BCUT2D eigenvalue weighted by Crippen LogP contribution is 2.22. The molecule has 0 saturated heterocycles. The maximum Gasteiger partial charge on any atom is 0.195 e. The maximum atomic E-state index is 5.98. The fourth-order valence-electron chi connectivity index (χ4n) is 1.31. The van der Waals surface area contributed by atoms with Crippen molar-refractivity contribution < 1.29 is 0 Å². The van der Waals surface area contributed by atoms with Crippen LogP contribution < -0.4 is 16.4 Å². The van der Waals surface area contributed by atoms with Gasteiger partial charge in [-0.3, -0.25) is 4.98 Å². The molecule has 1 fully saturated rings. The van der Waals surface area contributed by atoms with Crippen LogP contribution in [0, 0.1) is 0 Å². The van der Waals surface area contributed by atoms with Gasteiger partial charge in [0.05, 0.1) is 23.3 Å². The molecule has 0 aliphatic heterocycles. The fraction of sp³-hybridized carbons (Fsp3) is 0.364. The molecule has 1 aliphatic carbocycles. The van der Waals surface area contributed by atoms with Crippen molar-refractivity contribution in [2.45, 2.75) is 25.4 Å². The number of halogens is 1. The smallest absolute Gasteiger partial charge is 0.195 e. The molecule has 7 heteroatoms. The monoisotopic (exact) mass is 283 g/mol. The number of thiocarbonyl (C=S) groups is 1. The molecule has 0 radical (unpaired) electrons. The fourth-order valence-corrected chi connectivity index (χ4v) is 1.67. The summed E-state index contributed by atoms with van der Waals surface area (Å²) in [5, 5.41) is 6.81.